The van der Waals surface area contributed by atoms with Crippen molar-refractivity contribution < 1.29 is 23.7 Å². The number of aromatic nitrogens is 2. The maximum atomic E-state index is 14.7. The van der Waals surface area contributed by atoms with Gasteiger partial charge in [-0.25, -0.2) is 4.79 Å². The van der Waals surface area contributed by atoms with E-state index in [1.807, 2.05) is 117 Å². The molecule has 1 saturated heterocycles. The SMILES string of the molecule is CC(C)(C)O[C@@]1(C)[C@]([SiH3])(n2cc(F)c(=O)[nH]c2=O)O[C@H](COC(c2ccccc2)(c2ccccc2)c2ccccc2)[C@@]1(C)O. The number of hydrogen-bond donors (Lipinski definition) is 2. The van der Waals surface area contributed by atoms with Crippen LogP contribution in [0, 0.1) is 5.82 Å². The third kappa shape index (κ3) is 5.20. The Kier molecular flexibility index (Phi) is 8.19. The van der Waals surface area contributed by atoms with Crippen molar-refractivity contribution in [2.24, 2.45) is 0 Å². The van der Waals surface area contributed by atoms with Crippen molar-refractivity contribution in [2.45, 2.75) is 68.5 Å². The number of rotatable bonds is 8. The lowest BCUT2D eigenvalue weighted by Crippen LogP contribution is -2.67. The fourth-order valence-corrected chi connectivity index (χ4v) is 7.53. The summed E-state index contributed by atoms with van der Waals surface area (Å²) in [5.41, 5.74) is -4.69. The van der Waals surface area contributed by atoms with Crippen molar-refractivity contribution >= 4 is 10.2 Å². The molecule has 0 amide bonds. The predicted octanol–water partition coefficient (Wildman–Crippen LogP) is 3.38. The highest BCUT2D eigenvalue weighted by Gasteiger charge is 2.70. The average Bonchev–Trinajstić information content (AvgIpc) is 3.13. The van der Waals surface area contributed by atoms with Gasteiger partial charge in [0.2, 0.25) is 5.82 Å². The zero-order valence-electron chi connectivity index (χ0n) is 25.8. The third-order valence-electron chi connectivity index (χ3n) is 8.71. The van der Waals surface area contributed by atoms with Crippen molar-refractivity contribution in [3.8, 4) is 0 Å². The maximum absolute atomic E-state index is 14.7. The number of H-pyrrole nitrogens is 1. The fraction of sp³-hybridized carbons (Fsp3) is 0.353. The van der Waals surface area contributed by atoms with Crippen molar-refractivity contribution in [2.75, 3.05) is 6.61 Å². The van der Waals surface area contributed by atoms with Gasteiger partial charge in [0, 0.05) is 0 Å². The molecule has 1 aliphatic heterocycles. The van der Waals surface area contributed by atoms with Gasteiger partial charge in [0.1, 0.15) is 22.9 Å². The van der Waals surface area contributed by atoms with Crippen LogP contribution >= 0.6 is 0 Å². The quantitative estimate of drug-likeness (QED) is 0.232. The van der Waals surface area contributed by atoms with Crippen molar-refractivity contribution in [3.05, 3.63) is 141 Å². The maximum Gasteiger partial charge on any atom is 0.330 e. The monoisotopic (exact) mass is 618 g/mol. The molecular formula is C34H39FN2O6Si. The van der Waals surface area contributed by atoms with Crippen LogP contribution in [0.3, 0.4) is 0 Å². The Morgan fingerprint density at radius 2 is 1.36 bits per heavy atom. The van der Waals surface area contributed by atoms with Crippen LogP contribution in [0.25, 0.3) is 0 Å². The van der Waals surface area contributed by atoms with E-state index in [0.29, 0.717) is 0 Å². The summed E-state index contributed by atoms with van der Waals surface area (Å²) < 4.78 is 35.8. The van der Waals surface area contributed by atoms with Crippen LogP contribution in [0.5, 0.6) is 0 Å². The lowest BCUT2D eigenvalue weighted by molar-refractivity contribution is -0.234. The smallest absolute Gasteiger partial charge is 0.330 e. The molecular weight excluding hydrogens is 579 g/mol. The summed E-state index contributed by atoms with van der Waals surface area (Å²) >= 11 is 0. The molecule has 2 N–H and O–H groups in total. The molecule has 0 spiro atoms. The Morgan fingerprint density at radius 1 is 0.909 bits per heavy atom. The van der Waals surface area contributed by atoms with E-state index in [4.69, 9.17) is 14.2 Å². The van der Waals surface area contributed by atoms with E-state index < -0.39 is 50.9 Å². The minimum Gasteiger partial charge on any atom is -0.384 e. The predicted molar refractivity (Wildman–Crippen MR) is 169 cm³/mol. The molecule has 1 aliphatic rings. The van der Waals surface area contributed by atoms with Gasteiger partial charge in [-0.2, -0.15) is 4.39 Å². The largest absolute Gasteiger partial charge is 0.384 e. The Morgan fingerprint density at radius 3 is 1.80 bits per heavy atom. The van der Waals surface area contributed by atoms with Gasteiger partial charge in [-0.1, -0.05) is 91.0 Å². The van der Waals surface area contributed by atoms with E-state index >= 15 is 0 Å². The molecule has 10 heteroatoms. The number of nitrogens with one attached hydrogen (secondary N) is 1. The summed E-state index contributed by atoms with van der Waals surface area (Å²) in [6.45, 7) is 8.55. The minimum absolute atomic E-state index is 0.0599. The molecule has 5 rings (SSSR count). The van der Waals surface area contributed by atoms with Gasteiger partial charge in [-0.05, 0) is 51.3 Å². The van der Waals surface area contributed by atoms with Gasteiger partial charge in [-0.3, -0.25) is 14.3 Å². The van der Waals surface area contributed by atoms with Crippen LogP contribution in [-0.2, 0) is 25.2 Å². The van der Waals surface area contributed by atoms with E-state index in [-0.39, 0.29) is 16.8 Å². The molecule has 4 aromatic rings. The molecule has 8 nitrogen and oxygen atoms in total. The number of halogens is 1. The summed E-state index contributed by atoms with van der Waals surface area (Å²) in [5.74, 6) is -1.16. The minimum atomic E-state index is -1.76. The van der Waals surface area contributed by atoms with E-state index in [2.05, 4.69) is 0 Å². The molecule has 3 aromatic carbocycles. The molecule has 0 saturated carbocycles. The van der Waals surface area contributed by atoms with Crippen LogP contribution in [0.15, 0.2) is 107 Å². The normalized spacial score (nSPS) is 25.8. The Balaban J connectivity index is 1.67. The highest BCUT2D eigenvalue weighted by Crippen LogP contribution is 2.52. The molecule has 0 radical (unpaired) electrons. The topological polar surface area (TPSA) is 103 Å². The molecule has 4 atom stereocenters. The molecule has 44 heavy (non-hydrogen) atoms. The zero-order valence-corrected chi connectivity index (χ0v) is 27.8. The number of hydrogen-bond acceptors (Lipinski definition) is 6. The van der Waals surface area contributed by atoms with Gasteiger partial charge in [0.15, 0.2) is 5.35 Å². The molecule has 2 heterocycles. The van der Waals surface area contributed by atoms with E-state index in [1.54, 1.807) is 13.8 Å². The summed E-state index contributed by atoms with van der Waals surface area (Å²) in [7, 11) is 0.0599. The fourth-order valence-electron chi connectivity index (χ4n) is 6.31. The molecule has 232 valence electrons. The van der Waals surface area contributed by atoms with Gasteiger partial charge >= 0.3 is 5.69 Å². The van der Waals surface area contributed by atoms with Gasteiger partial charge in [0.25, 0.3) is 5.56 Å². The van der Waals surface area contributed by atoms with Gasteiger partial charge in [-0.15, -0.1) is 0 Å². The van der Waals surface area contributed by atoms with E-state index in [0.717, 1.165) is 27.5 Å². The number of aliphatic hydroxyl groups is 1. The third-order valence-corrected chi connectivity index (χ3v) is 10.4. The first-order valence-electron chi connectivity index (χ1n) is 14.6. The Hall–Kier alpha value is -3.67. The van der Waals surface area contributed by atoms with Crippen molar-refractivity contribution in [1.29, 1.82) is 0 Å². The Bertz CT molecular complexity index is 1630. The lowest BCUT2D eigenvalue weighted by Gasteiger charge is -2.48. The first-order chi connectivity index (χ1) is 20.7. The van der Waals surface area contributed by atoms with E-state index in [9.17, 15) is 19.1 Å². The second-order valence-corrected chi connectivity index (χ2v) is 14.0. The molecule has 0 bridgehead atoms. The first-order valence-corrected chi connectivity index (χ1v) is 15.6. The highest BCUT2D eigenvalue weighted by atomic mass is 28.1. The van der Waals surface area contributed by atoms with Crippen LogP contribution in [0.1, 0.15) is 51.3 Å². The van der Waals surface area contributed by atoms with Crippen LogP contribution < -0.4 is 11.2 Å². The molecule has 1 aromatic heterocycles. The first kappa shape index (κ1) is 31.7. The van der Waals surface area contributed by atoms with Gasteiger partial charge in [0.05, 0.1) is 28.6 Å². The van der Waals surface area contributed by atoms with Crippen molar-refractivity contribution in [3.63, 3.8) is 0 Å². The van der Waals surface area contributed by atoms with Crippen LogP contribution in [0.4, 0.5) is 4.39 Å². The highest BCUT2D eigenvalue weighted by molar-refractivity contribution is 6.14. The van der Waals surface area contributed by atoms with Gasteiger partial charge < -0.3 is 19.3 Å². The number of ether oxygens (including phenoxy) is 3. The van der Waals surface area contributed by atoms with Crippen LogP contribution in [0.2, 0.25) is 0 Å². The Labute approximate surface area is 258 Å². The number of benzene rings is 3. The average molecular weight is 619 g/mol. The van der Waals surface area contributed by atoms with Crippen LogP contribution in [-0.4, -0.2) is 54.4 Å². The summed E-state index contributed by atoms with van der Waals surface area (Å²) in [6, 6.07) is 29.4. The number of aromatic amines is 1. The summed E-state index contributed by atoms with van der Waals surface area (Å²) in [4.78, 5) is 27.1. The number of nitrogens with zero attached hydrogens (tertiary/aromatic N) is 1. The summed E-state index contributed by atoms with van der Waals surface area (Å²) in [6.07, 6.45) is -0.232. The standard InChI is InChI=1S/C34H39FN2O6Si/c1-30(2,3)43-32(5)31(4,40)27(42-34(32,44)37-21-26(35)28(38)36-29(37)39)22-41-33(23-15-9-6-10-16-23,24-17-11-7-12-18-24)25-19-13-8-14-20-25/h6-21,27,40H,22H2,1-5,44H3,(H,36,38,39)/t27-,31-,32-,34+/m1/s1. The second-order valence-electron chi connectivity index (χ2n) is 12.7. The van der Waals surface area contributed by atoms with E-state index in [1.165, 1.54) is 0 Å². The summed E-state index contributed by atoms with van der Waals surface area (Å²) in [5, 5.41) is 10.7. The molecule has 0 unspecified atom stereocenters. The molecule has 1 fully saturated rings. The lowest BCUT2D eigenvalue weighted by atomic mass is 9.79. The molecule has 0 aliphatic carbocycles. The zero-order chi connectivity index (χ0) is 32.0. The second kappa shape index (κ2) is 11.4. The van der Waals surface area contributed by atoms with Crippen molar-refractivity contribution in [1.82, 2.24) is 9.55 Å².